The van der Waals surface area contributed by atoms with E-state index in [4.69, 9.17) is 9.47 Å². The van der Waals surface area contributed by atoms with Crippen LogP contribution in [-0.2, 0) is 16.0 Å². The largest absolute Gasteiger partial charge is 0.493 e. The Morgan fingerprint density at radius 3 is 2.80 bits per heavy atom. The molecular weight excluding hydrogens is 384 g/mol. The summed E-state index contributed by atoms with van der Waals surface area (Å²) in [5.74, 6) is 0.557. The van der Waals surface area contributed by atoms with Crippen molar-refractivity contribution in [3.05, 3.63) is 54.5 Å². The van der Waals surface area contributed by atoms with Crippen LogP contribution in [0.15, 0.2) is 48.8 Å². The Labute approximate surface area is 174 Å². The molecule has 1 aliphatic rings. The standard InChI is InChI=1S/C22H24N4O4/c1-29-18-7-6-17(12-19(18)30-2)26-13-15(11-21(26)27)22(28)23-9-8-16-14-25-10-4-3-5-20(25)24-16/h3-7,10,12,14-15H,8-9,11,13H2,1-2H3,(H,23,28). The van der Waals surface area contributed by atoms with Crippen molar-refractivity contribution in [2.45, 2.75) is 12.8 Å². The Hall–Kier alpha value is -3.55. The zero-order valence-corrected chi connectivity index (χ0v) is 17.0. The lowest BCUT2D eigenvalue weighted by Crippen LogP contribution is -2.34. The summed E-state index contributed by atoms with van der Waals surface area (Å²) in [5.41, 5.74) is 2.49. The third-order valence-corrected chi connectivity index (χ3v) is 5.27. The van der Waals surface area contributed by atoms with Crippen LogP contribution in [0, 0.1) is 5.92 Å². The molecule has 0 saturated carbocycles. The number of hydrogen-bond donors (Lipinski definition) is 1. The molecule has 1 atom stereocenters. The summed E-state index contributed by atoms with van der Waals surface area (Å²) in [7, 11) is 3.11. The van der Waals surface area contributed by atoms with Gasteiger partial charge in [0.05, 0.1) is 25.8 Å². The molecule has 3 aromatic rings. The van der Waals surface area contributed by atoms with Gasteiger partial charge in [0.2, 0.25) is 11.8 Å². The fourth-order valence-electron chi connectivity index (χ4n) is 3.69. The van der Waals surface area contributed by atoms with Crippen LogP contribution in [0.4, 0.5) is 5.69 Å². The van der Waals surface area contributed by atoms with Gasteiger partial charge in [-0.15, -0.1) is 0 Å². The van der Waals surface area contributed by atoms with E-state index in [2.05, 4.69) is 10.3 Å². The minimum absolute atomic E-state index is 0.0808. The molecule has 1 unspecified atom stereocenters. The fraction of sp³-hybridized carbons (Fsp3) is 0.318. The topological polar surface area (TPSA) is 85.2 Å². The number of amides is 2. The number of imidazole rings is 1. The number of anilines is 1. The predicted molar refractivity (Wildman–Crippen MR) is 112 cm³/mol. The molecule has 1 N–H and O–H groups in total. The molecule has 2 aromatic heterocycles. The van der Waals surface area contributed by atoms with Crippen molar-refractivity contribution in [3.8, 4) is 11.5 Å². The summed E-state index contributed by atoms with van der Waals surface area (Å²) in [6, 6.07) is 11.1. The van der Waals surface area contributed by atoms with Gasteiger partial charge in [-0.3, -0.25) is 9.59 Å². The van der Waals surface area contributed by atoms with E-state index < -0.39 is 0 Å². The molecule has 4 rings (SSSR count). The third kappa shape index (κ3) is 3.94. The first kappa shape index (κ1) is 19.8. The van der Waals surface area contributed by atoms with E-state index >= 15 is 0 Å². The summed E-state index contributed by atoms with van der Waals surface area (Å²) >= 11 is 0. The molecule has 0 aliphatic carbocycles. The van der Waals surface area contributed by atoms with Gasteiger partial charge in [0.1, 0.15) is 5.65 Å². The summed E-state index contributed by atoms with van der Waals surface area (Å²) in [4.78, 5) is 31.2. The van der Waals surface area contributed by atoms with Gasteiger partial charge in [-0.2, -0.15) is 0 Å². The number of nitrogens with zero attached hydrogens (tertiary/aromatic N) is 3. The molecule has 1 aromatic carbocycles. The smallest absolute Gasteiger partial charge is 0.227 e. The highest BCUT2D eigenvalue weighted by Gasteiger charge is 2.35. The van der Waals surface area contributed by atoms with Crippen molar-refractivity contribution >= 4 is 23.1 Å². The highest BCUT2D eigenvalue weighted by Crippen LogP contribution is 2.34. The number of hydrogen-bond acceptors (Lipinski definition) is 5. The van der Waals surface area contributed by atoms with Crippen LogP contribution in [0.3, 0.4) is 0 Å². The number of carbonyl (C=O) groups excluding carboxylic acids is 2. The van der Waals surface area contributed by atoms with Crippen molar-refractivity contribution < 1.29 is 19.1 Å². The minimum Gasteiger partial charge on any atom is -0.493 e. The van der Waals surface area contributed by atoms with Crippen LogP contribution in [0.1, 0.15) is 12.1 Å². The van der Waals surface area contributed by atoms with Gasteiger partial charge in [0, 0.05) is 50.1 Å². The number of benzene rings is 1. The summed E-state index contributed by atoms with van der Waals surface area (Å²) in [5, 5.41) is 2.94. The van der Waals surface area contributed by atoms with Gasteiger partial charge in [-0.1, -0.05) is 6.07 Å². The summed E-state index contributed by atoms with van der Waals surface area (Å²) < 4.78 is 12.5. The second kappa shape index (κ2) is 8.44. The van der Waals surface area contributed by atoms with E-state index in [0.29, 0.717) is 36.7 Å². The van der Waals surface area contributed by atoms with Crippen LogP contribution >= 0.6 is 0 Å². The molecule has 0 spiro atoms. The number of fused-ring (bicyclic) bond motifs is 1. The molecule has 156 valence electrons. The van der Waals surface area contributed by atoms with Crippen molar-refractivity contribution in [2.24, 2.45) is 5.92 Å². The van der Waals surface area contributed by atoms with Gasteiger partial charge in [-0.05, 0) is 24.3 Å². The van der Waals surface area contributed by atoms with E-state index in [1.165, 1.54) is 0 Å². The van der Waals surface area contributed by atoms with Crippen LogP contribution in [0.25, 0.3) is 5.65 Å². The van der Waals surface area contributed by atoms with Gasteiger partial charge < -0.3 is 24.1 Å². The second-order valence-corrected chi connectivity index (χ2v) is 7.18. The number of ether oxygens (including phenoxy) is 2. The first-order chi connectivity index (χ1) is 14.6. The van der Waals surface area contributed by atoms with Crippen LogP contribution in [0.2, 0.25) is 0 Å². The lowest BCUT2D eigenvalue weighted by atomic mass is 10.1. The maximum absolute atomic E-state index is 12.6. The van der Waals surface area contributed by atoms with Crippen molar-refractivity contribution in [2.75, 3.05) is 32.2 Å². The maximum atomic E-state index is 12.6. The van der Waals surface area contributed by atoms with Crippen LogP contribution < -0.4 is 19.7 Å². The van der Waals surface area contributed by atoms with Gasteiger partial charge in [0.15, 0.2) is 11.5 Å². The quantitative estimate of drug-likeness (QED) is 0.647. The molecule has 0 radical (unpaired) electrons. The minimum atomic E-state index is -0.383. The molecular formula is C22H24N4O4. The fourth-order valence-corrected chi connectivity index (χ4v) is 3.69. The number of aromatic nitrogens is 2. The van der Waals surface area contributed by atoms with Gasteiger partial charge >= 0.3 is 0 Å². The number of pyridine rings is 1. The van der Waals surface area contributed by atoms with E-state index in [1.807, 2.05) is 35.0 Å². The number of methoxy groups -OCH3 is 2. The maximum Gasteiger partial charge on any atom is 0.227 e. The molecule has 30 heavy (non-hydrogen) atoms. The Morgan fingerprint density at radius 1 is 1.20 bits per heavy atom. The van der Waals surface area contributed by atoms with E-state index in [9.17, 15) is 9.59 Å². The van der Waals surface area contributed by atoms with Gasteiger partial charge in [-0.25, -0.2) is 4.98 Å². The lowest BCUT2D eigenvalue weighted by Gasteiger charge is -2.18. The summed E-state index contributed by atoms with van der Waals surface area (Å²) in [6.07, 6.45) is 4.72. The SMILES string of the molecule is COc1ccc(N2CC(C(=O)NCCc3cn4ccccc4n3)CC2=O)cc1OC. The van der Waals surface area contributed by atoms with Crippen molar-refractivity contribution in [1.82, 2.24) is 14.7 Å². The molecule has 1 saturated heterocycles. The van der Waals surface area contributed by atoms with E-state index in [-0.39, 0.29) is 24.2 Å². The zero-order chi connectivity index (χ0) is 21.1. The Bertz CT molecular complexity index is 1040. The Morgan fingerprint density at radius 2 is 2.03 bits per heavy atom. The first-order valence-electron chi connectivity index (χ1n) is 9.81. The monoisotopic (exact) mass is 408 g/mol. The molecule has 3 heterocycles. The Kier molecular flexibility index (Phi) is 5.56. The van der Waals surface area contributed by atoms with E-state index in [0.717, 1.165) is 11.3 Å². The zero-order valence-electron chi connectivity index (χ0n) is 17.0. The van der Waals surface area contributed by atoms with Crippen molar-refractivity contribution in [3.63, 3.8) is 0 Å². The van der Waals surface area contributed by atoms with Crippen molar-refractivity contribution in [1.29, 1.82) is 0 Å². The predicted octanol–water partition coefficient (Wildman–Crippen LogP) is 2.06. The molecule has 1 aliphatic heterocycles. The molecule has 8 heteroatoms. The highest BCUT2D eigenvalue weighted by atomic mass is 16.5. The molecule has 8 nitrogen and oxygen atoms in total. The lowest BCUT2D eigenvalue weighted by molar-refractivity contribution is -0.126. The van der Waals surface area contributed by atoms with Crippen LogP contribution in [-0.4, -0.2) is 48.5 Å². The van der Waals surface area contributed by atoms with E-state index in [1.54, 1.807) is 37.3 Å². The van der Waals surface area contributed by atoms with Gasteiger partial charge in [0.25, 0.3) is 0 Å². The summed E-state index contributed by atoms with van der Waals surface area (Å²) in [6.45, 7) is 0.818. The Balaban J connectivity index is 1.34. The number of nitrogens with one attached hydrogen (secondary N) is 1. The molecule has 0 bridgehead atoms. The second-order valence-electron chi connectivity index (χ2n) is 7.18. The van der Waals surface area contributed by atoms with Crippen LogP contribution in [0.5, 0.6) is 11.5 Å². The average Bonchev–Trinajstić information content (AvgIpc) is 3.36. The molecule has 2 amide bonds. The number of carbonyl (C=O) groups is 2. The number of rotatable bonds is 7. The third-order valence-electron chi connectivity index (χ3n) is 5.27. The normalized spacial score (nSPS) is 16.1. The highest BCUT2D eigenvalue weighted by molar-refractivity contribution is 6.00. The average molecular weight is 408 g/mol. The molecule has 1 fully saturated rings. The first-order valence-corrected chi connectivity index (χ1v) is 9.81.